The fraction of sp³-hybridized carbons (Fsp3) is 0.524. The molecule has 0 aromatic heterocycles. The third kappa shape index (κ3) is 6.08. The second-order valence-corrected chi connectivity index (χ2v) is 7.62. The van der Waals surface area contributed by atoms with E-state index in [1.54, 1.807) is 17.9 Å². The summed E-state index contributed by atoms with van der Waals surface area (Å²) in [5, 5.41) is 0. The Labute approximate surface area is 160 Å². The molecular weight excluding hydrogens is 349 g/mol. The molecule has 1 fully saturated rings. The van der Waals surface area contributed by atoms with Crippen LogP contribution in [-0.2, 0) is 19.7 Å². The summed E-state index contributed by atoms with van der Waals surface area (Å²) in [7, 11) is 0. The van der Waals surface area contributed by atoms with Crippen molar-refractivity contribution in [3.8, 4) is 5.75 Å². The first-order chi connectivity index (χ1) is 12.7. The zero-order valence-electron chi connectivity index (χ0n) is 16.5. The van der Waals surface area contributed by atoms with Gasteiger partial charge in [-0.1, -0.05) is 20.8 Å². The zero-order chi connectivity index (χ0) is 20.0. The number of piperidine rings is 1. The molecule has 1 saturated heterocycles. The largest absolute Gasteiger partial charge is 0.490 e. The van der Waals surface area contributed by atoms with E-state index in [0.29, 0.717) is 31.7 Å². The smallest absolute Gasteiger partial charge is 0.330 e. The number of likely N-dealkylation sites (tertiary alicyclic amines) is 1. The highest BCUT2D eigenvalue weighted by molar-refractivity contribution is 5.94. The van der Waals surface area contributed by atoms with Crippen molar-refractivity contribution in [1.29, 1.82) is 0 Å². The monoisotopic (exact) mass is 377 g/mol. The number of rotatable bonds is 5. The summed E-state index contributed by atoms with van der Waals surface area (Å²) in [5.41, 5.74) is 0.602. The molecule has 0 N–H and O–H groups in total. The molecule has 0 atom stereocenters. The average molecular weight is 377 g/mol. The maximum Gasteiger partial charge on any atom is 0.330 e. The predicted molar refractivity (Wildman–Crippen MR) is 101 cm³/mol. The van der Waals surface area contributed by atoms with Crippen molar-refractivity contribution in [2.75, 3.05) is 19.7 Å². The van der Waals surface area contributed by atoms with Crippen LogP contribution in [0.5, 0.6) is 5.75 Å². The number of carbonyl (C=O) groups excluding carboxylic acids is 2. The maximum absolute atomic E-state index is 13.6. The van der Waals surface area contributed by atoms with E-state index in [2.05, 4.69) is 0 Å². The molecule has 0 radical (unpaired) electrons. The van der Waals surface area contributed by atoms with E-state index in [1.165, 1.54) is 18.2 Å². The van der Waals surface area contributed by atoms with Crippen LogP contribution in [-0.4, -0.2) is 42.6 Å². The second kappa shape index (κ2) is 9.02. The number of amides is 1. The Bertz CT molecular complexity index is 701. The molecule has 1 amide bonds. The SMILES string of the molecule is CCOC(=O)/C=C/C(=O)N1CCC(Oc2ccc(F)cc2C(C)(C)C)CC1. The van der Waals surface area contributed by atoms with Crippen LogP contribution < -0.4 is 4.74 Å². The number of carbonyl (C=O) groups is 2. The van der Waals surface area contributed by atoms with Crippen molar-refractivity contribution in [3.63, 3.8) is 0 Å². The van der Waals surface area contributed by atoms with Crippen LogP contribution >= 0.6 is 0 Å². The van der Waals surface area contributed by atoms with E-state index in [9.17, 15) is 14.0 Å². The molecule has 1 aliphatic rings. The number of hydrogen-bond donors (Lipinski definition) is 0. The van der Waals surface area contributed by atoms with Gasteiger partial charge in [-0.05, 0) is 30.5 Å². The van der Waals surface area contributed by atoms with E-state index in [1.807, 2.05) is 20.8 Å². The van der Waals surface area contributed by atoms with Gasteiger partial charge in [0.2, 0.25) is 5.91 Å². The van der Waals surface area contributed by atoms with Gasteiger partial charge < -0.3 is 14.4 Å². The summed E-state index contributed by atoms with van der Waals surface area (Å²) in [6.45, 7) is 9.14. The van der Waals surface area contributed by atoms with E-state index in [0.717, 1.165) is 11.6 Å². The first-order valence-corrected chi connectivity index (χ1v) is 9.31. The average Bonchev–Trinajstić information content (AvgIpc) is 2.61. The standard InChI is InChI=1S/C21H28FNO4/c1-5-26-20(25)9-8-19(24)23-12-10-16(11-13-23)27-18-7-6-15(22)14-17(18)21(2,3)4/h6-9,14,16H,5,10-13H2,1-4H3/b9-8+. The fourth-order valence-electron chi connectivity index (χ4n) is 3.00. The first-order valence-electron chi connectivity index (χ1n) is 9.31. The van der Waals surface area contributed by atoms with E-state index >= 15 is 0 Å². The van der Waals surface area contributed by atoms with Crippen LogP contribution in [0, 0.1) is 5.82 Å². The maximum atomic E-state index is 13.6. The highest BCUT2D eigenvalue weighted by Gasteiger charge is 2.26. The minimum Gasteiger partial charge on any atom is -0.490 e. The molecule has 1 aromatic carbocycles. The minimum absolute atomic E-state index is 0.0327. The predicted octanol–water partition coefficient (Wildman–Crippen LogP) is 3.61. The summed E-state index contributed by atoms with van der Waals surface area (Å²) in [4.78, 5) is 25.1. The van der Waals surface area contributed by atoms with Gasteiger partial charge in [0.15, 0.2) is 0 Å². The van der Waals surface area contributed by atoms with Gasteiger partial charge in [-0.2, -0.15) is 0 Å². The summed E-state index contributed by atoms with van der Waals surface area (Å²) >= 11 is 0. The van der Waals surface area contributed by atoms with Crippen LogP contribution in [0.15, 0.2) is 30.4 Å². The molecule has 5 nitrogen and oxygen atoms in total. The molecule has 1 aliphatic heterocycles. The lowest BCUT2D eigenvalue weighted by atomic mass is 9.86. The third-order valence-electron chi connectivity index (χ3n) is 4.45. The first kappa shape index (κ1) is 20.9. The molecule has 6 heteroatoms. The molecule has 148 valence electrons. The van der Waals surface area contributed by atoms with Crippen molar-refractivity contribution < 1.29 is 23.5 Å². The highest BCUT2D eigenvalue weighted by Crippen LogP contribution is 2.33. The van der Waals surface area contributed by atoms with E-state index in [-0.39, 0.29) is 29.9 Å². The van der Waals surface area contributed by atoms with E-state index < -0.39 is 5.97 Å². The summed E-state index contributed by atoms with van der Waals surface area (Å²) in [5.74, 6) is -0.314. The van der Waals surface area contributed by atoms with Gasteiger partial charge in [0.05, 0.1) is 6.61 Å². The lowest BCUT2D eigenvalue weighted by Gasteiger charge is -2.33. The highest BCUT2D eigenvalue weighted by atomic mass is 19.1. The molecule has 0 saturated carbocycles. The van der Waals surface area contributed by atoms with Crippen molar-refractivity contribution in [1.82, 2.24) is 4.90 Å². The molecule has 1 heterocycles. The van der Waals surface area contributed by atoms with Crippen LogP contribution in [0.3, 0.4) is 0 Å². The van der Waals surface area contributed by atoms with Crippen LogP contribution in [0.1, 0.15) is 46.1 Å². The molecule has 27 heavy (non-hydrogen) atoms. The third-order valence-corrected chi connectivity index (χ3v) is 4.45. The zero-order valence-corrected chi connectivity index (χ0v) is 16.5. The Morgan fingerprint density at radius 1 is 1.22 bits per heavy atom. The Morgan fingerprint density at radius 2 is 1.89 bits per heavy atom. The minimum atomic E-state index is -0.518. The van der Waals surface area contributed by atoms with Gasteiger partial charge in [0.25, 0.3) is 0 Å². The van der Waals surface area contributed by atoms with Crippen molar-refractivity contribution >= 4 is 11.9 Å². The summed E-state index contributed by atoms with van der Waals surface area (Å²) < 4.78 is 24.5. The molecule has 0 bridgehead atoms. The molecule has 0 aliphatic carbocycles. The number of nitrogens with zero attached hydrogens (tertiary/aromatic N) is 1. The van der Waals surface area contributed by atoms with Gasteiger partial charge >= 0.3 is 5.97 Å². The number of ether oxygens (including phenoxy) is 2. The summed E-state index contributed by atoms with van der Waals surface area (Å²) in [6, 6.07) is 4.60. The normalized spacial score (nSPS) is 15.8. The van der Waals surface area contributed by atoms with Crippen LogP contribution in [0.2, 0.25) is 0 Å². The Kier molecular flexibility index (Phi) is 6.99. The van der Waals surface area contributed by atoms with Crippen LogP contribution in [0.25, 0.3) is 0 Å². The van der Waals surface area contributed by atoms with E-state index in [4.69, 9.17) is 9.47 Å². The quantitative estimate of drug-likeness (QED) is 0.581. The van der Waals surface area contributed by atoms with Crippen LogP contribution in [0.4, 0.5) is 4.39 Å². The number of benzene rings is 1. The Morgan fingerprint density at radius 3 is 2.48 bits per heavy atom. The molecule has 2 rings (SSSR count). The van der Waals surface area contributed by atoms with Gasteiger partial charge in [0, 0.05) is 43.6 Å². The molecule has 0 spiro atoms. The molecule has 0 unspecified atom stereocenters. The Hall–Kier alpha value is -2.37. The topological polar surface area (TPSA) is 55.8 Å². The molecule has 1 aromatic rings. The van der Waals surface area contributed by atoms with Gasteiger partial charge in [-0.3, -0.25) is 4.79 Å². The van der Waals surface area contributed by atoms with Gasteiger partial charge in [-0.15, -0.1) is 0 Å². The van der Waals surface area contributed by atoms with Gasteiger partial charge in [-0.25, -0.2) is 9.18 Å². The number of hydrogen-bond acceptors (Lipinski definition) is 4. The lowest BCUT2D eigenvalue weighted by molar-refractivity contribution is -0.137. The lowest BCUT2D eigenvalue weighted by Crippen LogP contribution is -2.41. The Balaban J connectivity index is 1.93. The fourth-order valence-corrected chi connectivity index (χ4v) is 3.00. The summed E-state index contributed by atoms with van der Waals surface area (Å²) in [6.07, 6.45) is 3.73. The molecular formula is C21H28FNO4. The van der Waals surface area contributed by atoms with Gasteiger partial charge in [0.1, 0.15) is 17.7 Å². The van der Waals surface area contributed by atoms with Crippen molar-refractivity contribution in [3.05, 3.63) is 41.7 Å². The van der Waals surface area contributed by atoms with Crippen molar-refractivity contribution in [2.45, 2.75) is 52.1 Å². The second-order valence-electron chi connectivity index (χ2n) is 7.62. The number of esters is 1. The number of halogens is 1. The van der Waals surface area contributed by atoms with Crippen molar-refractivity contribution in [2.24, 2.45) is 0 Å².